The molecule has 0 aromatic rings. The van der Waals surface area contributed by atoms with Crippen molar-refractivity contribution in [2.45, 2.75) is 57.8 Å². The van der Waals surface area contributed by atoms with Crippen LogP contribution in [-0.4, -0.2) is 41.6 Å². The Bertz CT molecular complexity index is 630. The van der Waals surface area contributed by atoms with E-state index in [0.717, 1.165) is 5.57 Å². The molecule has 2 unspecified atom stereocenters. The van der Waals surface area contributed by atoms with Gasteiger partial charge < -0.3 is 14.6 Å². The Kier molecular flexibility index (Phi) is 6.31. The smallest absolute Gasteiger partial charge is 0.334 e. The minimum Gasteiger partial charge on any atom is -0.458 e. The maximum Gasteiger partial charge on any atom is 0.334 e. The summed E-state index contributed by atoms with van der Waals surface area (Å²) in [5, 5.41) is 10.7. The van der Waals surface area contributed by atoms with E-state index in [1.54, 1.807) is 12.2 Å². The van der Waals surface area contributed by atoms with Crippen molar-refractivity contribution in [1.82, 2.24) is 0 Å². The van der Waals surface area contributed by atoms with E-state index < -0.39 is 36.2 Å². The molecule has 6 heteroatoms. The zero-order chi connectivity index (χ0) is 18.6. The van der Waals surface area contributed by atoms with Crippen molar-refractivity contribution in [1.29, 1.82) is 0 Å². The highest BCUT2D eigenvalue weighted by atomic mass is 16.6. The summed E-state index contributed by atoms with van der Waals surface area (Å²) in [4.78, 5) is 35.4. The number of aliphatic hydroxyl groups is 1. The molecule has 6 nitrogen and oxygen atoms in total. The number of carbonyl (C=O) groups excluding carboxylic acids is 3. The van der Waals surface area contributed by atoms with Gasteiger partial charge in [-0.05, 0) is 32.3 Å². The molecule has 1 aliphatic heterocycles. The summed E-state index contributed by atoms with van der Waals surface area (Å²) in [7, 11) is 0. The third kappa shape index (κ3) is 4.25. The van der Waals surface area contributed by atoms with Gasteiger partial charge in [0.1, 0.15) is 24.6 Å². The number of rotatable bonds is 4. The van der Waals surface area contributed by atoms with Gasteiger partial charge in [-0.25, -0.2) is 4.79 Å². The van der Waals surface area contributed by atoms with Gasteiger partial charge >= 0.3 is 11.9 Å². The van der Waals surface area contributed by atoms with Crippen LogP contribution in [0.25, 0.3) is 0 Å². The van der Waals surface area contributed by atoms with E-state index >= 15 is 0 Å². The highest BCUT2D eigenvalue weighted by Gasteiger charge is 2.47. The molecule has 2 aliphatic rings. The van der Waals surface area contributed by atoms with Crippen LogP contribution in [0, 0.1) is 5.92 Å². The first-order valence-electron chi connectivity index (χ1n) is 8.48. The number of allylic oxidation sites excluding steroid dienone is 2. The number of hydrogen-bond acceptors (Lipinski definition) is 6. The Morgan fingerprint density at radius 2 is 2.24 bits per heavy atom. The number of hydrogen-bond donors (Lipinski definition) is 1. The standard InChI is InChI=1S/C19H24O6/c1-4-6-15(21)25-18-16-12(3)19(23)24-14(16)9-11(2)7-5-8-13(10-20)17(18)22/h8-10,14,16-18,22H,3-7H2,1-2H3/b11-9+,13-8+/t14?,16-,17?,18+/m1/s1. The van der Waals surface area contributed by atoms with Crippen LogP contribution >= 0.6 is 0 Å². The molecule has 0 aromatic heterocycles. The number of esters is 2. The second kappa shape index (κ2) is 8.25. The fourth-order valence-electron chi connectivity index (χ4n) is 3.14. The second-order valence-corrected chi connectivity index (χ2v) is 6.44. The first-order valence-corrected chi connectivity index (χ1v) is 8.48. The van der Waals surface area contributed by atoms with Gasteiger partial charge in [-0.15, -0.1) is 0 Å². The molecule has 1 N–H and O–H groups in total. The monoisotopic (exact) mass is 348 g/mol. The van der Waals surface area contributed by atoms with Crippen LogP contribution in [0.1, 0.15) is 39.5 Å². The van der Waals surface area contributed by atoms with E-state index in [0.29, 0.717) is 25.5 Å². The fourth-order valence-corrected chi connectivity index (χ4v) is 3.14. The van der Waals surface area contributed by atoms with Gasteiger partial charge in [-0.3, -0.25) is 9.59 Å². The van der Waals surface area contributed by atoms with Crippen LogP contribution in [-0.2, 0) is 23.9 Å². The second-order valence-electron chi connectivity index (χ2n) is 6.44. The van der Waals surface area contributed by atoms with E-state index in [2.05, 4.69) is 6.58 Å². The predicted octanol–water partition coefficient (Wildman–Crippen LogP) is 2.02. The number of carbonyl (C=O) groups is 3. The van der Waals surface area contributed by atoms with Gasteiger partial charge in [0.2, 0.25) is 0 Å². The van der Waals surface area contributed by atoms with E-state index in [-0.39, 0.29) is 17.6 Å². The Labute approximate surface area is 147 Å². The molecule has 0 aromatic carbocycles. The molecule has 0 amide bonds. The highest BCUT2D eigenvalue weighted by Crippen LogP contribution is 2.36. The average molecular weight is 348 g/mol. The molecule has 0 radical (unpaired) electrons. The van der Waals surface area contributed by atoms with Gasteiger partial charge in [0.05, 0.1) is 5.92 Å². The molecule has 1 heterocycles. The topological polar surface area (TPSA) is 89.9 Å². The molecule has 0 saturated carbocycles. The predicted molar refractivity (Wildman–Crippen MR) is 90.4 cm³/mol. The molecule has 4 atom stereocenters. The maximum absolute atomic E-state index is 12.0. The molecular formula is C19H24O6. The quantitative estimate of drug-likeness (QED) is 0.362. The van der Waals surface area contributed by atoms with Gasteiger partial charge in [-0.2, -0.15) is 0 Å². The van der Waals surface area contributed by atoms with E-state index in [4.69, 9.17) is 9.47 Å². The van der Waals surface area contributed by atoms with E-state index in [1.807, 2.05) is 13.8 Å². The van der Waals surface area contributed by atoms with Crippen molar-refractivity contribution in [2.75, 3.05) is 0 Å². The zero-order valence-corrected chi connectivity index (χ0v) is 14.6. The molecular weight excluding hydrogens is 324 g/mol. The molecule has 25 heavy (non-hydrogen) atoms. The first kappa shape index (κ1) is 19.1. The Balaban J connectivity index is 2.46. The van der Waals surface area contributed by atoms with Crippen molar-refractivity contribution in [3.63, 3.8) is 0 Å². The van der Waals surface area contributed by atoms with Crippen molar-refractivity contribution >= 4 is 18.2 Å². The summed E-state index contributed by atoms with van der Waals surface area (Å²) in [6.45, 7) is 7.48. The Hall–Kier alpha value is -2.21. The summed E-state index contributed by atoms with van der Waals surface area (Å²) in [5.41, 5.74) is 1.25. The first-order chi connectivity index (χ1) is 11.9. The van der Waals surface area contributed by atoms with Crippen LogP contribution in [0.15, 0.2) is 35.5 Å². The average Bonchev–Trinajstić information content (AvgIpc) is 2.83. The van der Waals surface area contributed by atoms with E-state index in [1.165, 1.54) is 0 Å². The summed E-state index contributed by atoms with van der Waals surface area (Å²) < 4.78 is 10.8. The van der Waals surface area contributed by atoms with Crippen molar-refractivity contribution in [3.05, 3.63) is 35.5 Å². The lowest BCUT2D eigenvalue weighted by Crippen LogP contribution is -2.43. The van der Waals surface area contributed by atoms with Crippen LogP contribution < -0.4 is 0 Å². The van der Waals surface area contributed by atoms with Gasteiger partial charge in [-0.1, -0.05) is 25.2 Å². The van der Waals surface area contributed by atoms with Crippen molar-refractivity contribution in [3.8, 4) is 0 Å². The Morgan fingerprint density at radius 1 is 1.52 bits per heavy atom. The lowest BCUT2D eigenvalue weighted by atomic mass is 9.84. The number of aliphatic hydroxyl groups excluding tert-OH is 1. The molecule has 0 bridgehead atoms. The lowest BCUT2D eigenvalue weighted by Gasteiger charge is -2.30. The number of fused-ring (bicyclic) bond motifs is 1. The molecule has 136 valence electrons. The molecule has 1 saturated heterocycles. The number of ether oxygens (including phenoxy) is 2. The van der Waals surface area contributed by atoms with Crippen molar-refractivity contribution in [2.24, 2.45) is 5.92 Å². The zero-order valence-electron chi connectivity index (χ0n) is 14.6. The molecule has 1 fully saturated rings. The maximum atomic E-state index is 12.0. The summed E-state index contributed by atoms with van der Waals surface area (Å²) in [6.07, 6.45) is 2.84. The minimum atomic E-state index is -1.34. The van der Waals surface area contributed by atoms with Gasteiger partial charge in [0.15, 0.2) is 0 Å². The van der Waals surface area contributed by atoms with Crippen molar-refractivity contribution < 1.29 is 29.0 Å². The third-order valence-electron chi connectivity index (χ3n) is 4.49. The largest absolute Gasteiger partial charge is 0.458 e. The van der Waals surface area contributed by atoms with E-state index in [9.17, 15) is 19.5 Å². The van der Waals surface area contributed by atoms with Gasteiger partial charge in [0, 0.05) is 17.6 Å². The highest BCUT2D eigenvalue weighted by molar-refractivity contribution is 5.91. The fraction of sp³-hybridized carbons (Fsp3) is 0.526. The Morgan fingerprint density at radius 3 is 2.88 bits per heavy atom. The van der Waals surface area contributed by atoms with Crippen LogP contribution in [0.2, 0.25) is 0 Å². The molecule has 2 rings (SSSR count). The lowest BCUT2D eigenvalue weighted by molar-refractivity contribution is -0.158. The van der Waals surface area contributed by atoms with Gasteiger partial charge in [0.25, 0.3) is 0 Å². The summed E-state index contributed by atoms with van der Waals surface area (Å²) >= 11 is 0. The molecule has 0 spiro atoms. The third-order valence-corrected chi connectivity index (χ3v) is 4.49. The summed E-state index contributed by atoms with van der Waals surface area (Å²) in [5.74, 6) is -1.82. The van der Waals surface area contributed by atoms with Crippen LogP contribution in [0.4, 0.5) is 0 Å². The minimum absolute atomic E-state index is 0.133. The SMILES string of the molecule is C=C1C(=O)OC2/C=C(\C)CC/C=C(\C=O)C(O)[C@@H](OC(=O)CCC)[C@H]12. The molecule has 1 aliphatic carbocycles. The van der Waals surface area contributed by atoms with Crippen LogP contribution in [0.3, 0.4) is 0 Å². The summed E-state index contributed by atoms with van der Waals surface area (Å²) in [6, 6.07) is 0. The normalized spacial score (nSPS) is 34.0. The number of aldehydes is 1. The van der Waals surface area contributed by atoms with Crippen LogP contribution in [0.5, 0.6) is 0 Å².